The molecule has 1 aromatic carbocycles. The van der Waals surface area contributed by atoms with Crippen molar-refractivity contribution in [2.75, 3.05) is 10.0 Å². The van der Waals surface area contributed by atoms with Gasteiger partial charge in [-0.1, -0.05) is 18.2 Å². The van der Waals surface area contributed by atoms with E-state index in [9.17, 15) is 13.2 Å². The third-order valence-electron chi connectivity index (χ3n) is 4.60. The van der Waals surface area contributed by atoms with Crippen LogP contribution in [0.25, 0.3) is 0 Å². The number of amides is 1. The van der Waals surface area contributed by atoms with Crippen LogP contribution in [0, 0.1) is 0 Å². The molecule has 0 spiro atoms. The molecule has 6 nitrogen and oxygen atoms in total. The van der Waals surface area contributed by atoms with Crippen molar-refractivity contribution in [1.82, 2.24) is 4.98 Å². The standard InChI is InChI=1S/C20H19N3O3S2/c24-19(22-14-7-6-12-21-13-14)18-16-10-4-5-11-17(16)27-20(18)23-28(25,26)15-8-2-1-3-9-15/h1-3,6-9,12-13,23H,4-5,10-11H2,(H,22,24). The molecule has 8 heteroatoms. The van der Waals surface area contributed by atoms with Crippen LogP contribution in [0.4, 0.5) is 10.7 Å². The first-order chi connectivity index (χ1) is 13.5. The molecule has 2 N–H and O–H groups in total. The summed E-state index contributed by atoms with van der Waals surface area (Å²) in [7, 11) is -3.77. The number of aromatic nitrogens is 1. The second-order valence-corrected chi connectivity index (χ2v) is 9.32. The number of carbonyl (C=O) groups excluding carboxylic acids is 1. The summed E-state index contributed by atoms with van der Waals surface area (Å²) in [4.78, 5) is 18.3. The predicted molar refractivity (Wildman–Crippen MR) is 110 cm³/mol. The number of sulfonamides is 1. The van der Waals surface area contributed by atoms with Gasteiger partial charge >= 0.3 is 0 Å². The molecule has 4 rings (SSSR count). The molecule has 1 amide bonds. The maximum atomic E-state index is 13.0. The molecule has 0 aliphatic heterocycles. The number of thiophene rings is 1. The normalized spacial score (nSPS) is 13.6. The van der Waals surface area contributed by atoms with E-state index in [1.165, 1.54) is 23.5 Å². The number of nitrogens with zero attached hydrogens (tertiary/aromatic N) is 1. The van der Waals surface area contributed by atoms with Crippen LogP contribution in [0.3, 0.4) is 0 Å². The van der Waals surface area contributed by atoms with Gasteiger partial charge in [0.05, 0.1) is 22.3 Å². The Labute approximate surface area is 167 Å². The van der Waals surface area contributed by atoms with Gasteiger partial charge in [0.25, 0.3) is 15.9 Å². The highest BCUT2D eigenvalue weighted by atomic mass is 32.2. The van der Waals surface area contributed by atoms with E-state index in [0.29, 0.717) is 16.3 Å². The molecule has 0 saturated heterocycles. The minimum Gasteiger partial charge on any atom is -0.320 e. The SMILES string of the molecule is O=C(Nc1cccnc1)c1c(NS(=O)(=O)c2ccccc2)sc2c1CCCC2. The summed E-state index contributed by atoms with van der Waals surface area (Å²) in [5, 5.41) is 3.20. The second-order valence-electron chi connectivity index (χ2n) is 6.53. The van der Waals surface area contributed by atoms with Gasteiger partial charge in [0, 0.05) is 11.1 Å². The lowest BCUT2D eigenvalue weighted by atomic mass is 9.95. The number of aryl methyl sites for hydroxylation is 1. The van der Waals surface area contributed by atoms with Gasteiger partial charge in [-0.3, -0.25) is 14.5 Å². The lowest BCUT2D eigenvalue weighted by Crippen LogP contribution is -2.19. The average Bonchev–Trinajstić information content (AvgIpc) is 3.06. The van der Waals surface area contributed by atoms with E-state index < -0.39 is 10.0 Å². The summed E-state index contributed by atoms with van der Waals surface area (Å²) >= 11 is 1.36. The molecule has 144 valence electrons. The van der Waals surface area contributed by atoms with E-state index in [1.807, 2.05) is 0 Å². The Balaban J connectivity index is 1.71. The van der Waals surface area contributed by atoms with Crippen molar-refractivity contribution >= 4 is 38.0 Å². The average molecular weight is 414 g/mol. The number of fused-ring (bicyclic) bond motifs is 1. The van der Waals surface area contributed by atoms with E-state index >= 15 is 0 Å². The summed E-state index contributed by atoms with van der Waals surface area (Å²) in [6, 6.07) is 11.6. The number of hydrogen-bond donors (Lipinski definition) is 2. The van der Waals surface area contributed by atoms with Crippen LogP contribution < -0.4 is 10.0 Å². The minimum absolute atomic E-state index is 0.167. The molecule has 0 unspecified atom stereocenters. The van der Waals surface area contributed by atoms with Crippen LogP contribution in [0.5, 0.6) is 0 Å². The number of carbonyl (C=O) groups is 1. The second kappa shape index (κ2) is 7.73. The highest BCUT2D eigenvalue weighted by molar-refractivity contribution is 7.93. The van der Waals surface area contributed by atoms with E-state index in [1.54, 1.807) is 42.7 Å². The van der Waals surface area contributed by atoms with Crippen LogP contribution in [0.2, 0.25) is 0 Å². The summed E-state index contributed by atoms with van der Waals surface area (Å²) < 4.78 is 28.2. The fraction of sp³-hybridized carbons (Fsp3) is 0.200. The smallest absolute Gasteiger partial charge is 0.262 e. The molecule has 0 radical (unpaired) electrons. The quantitative estimate of drug-likeness (QED) is 0.660. The Morgan fingerprint density at radius 1 is 1.04 bits per heavy atom. The Hall–Kier alpha value is -2.71. The number of pyridine rings is 1. The molecule has 0 bridgehead atoms. The lowest BCUT2D eigenvalue weighted by Gasteiger charge is -2.13. The van der Waals surface area contributed by atoms with Crippen molar-refractivity contribution < 1.29 is 13.2 Å². The van der Waals surface area contributed by atoms with Gasteiger partial charge in [-0.05, 0) is 55.5 Å². The van der Waals surface area contributed by atoms with Crippen molar-refractivity contribution in [3.63, 3.8) is 0 Å². The summed E-state index contributed by atoms with van der Waals surface area (Å²) in [6.45, 7) is 0. The zero-order valence-corrected chi connectivity index (χ0v) is 16.6. The highest BCUT2D eigenvalue weighted by Gasteiger charge is 2.28. The molecule has 0 fully saturated rings. The third kappa shape index (κ3) is 3.79. The Morgan fingerprint density at radius 2 is 1.82 bits per heavy atom. The van der Waals surface area contributed by atoms with Crippen molar-refractivity contribution in [2.45, 2.75) is 30.6 Å². The molecule has 0 atom stereocenters. The first-order valence-corrected chi connectivity index (χ1v) is 11.3. The van der Waals surface area contributed by atoms with Gasteiger partial charge in [0.1, 0.15) is 5.00 Å². The van der Waals surface area contributed by atoms with Crippen molar-refractivity contribution in [3.8, 4) is 0 Å². The summed E-state index contributed by atoms with van der Waals surface area (Å²) in [6.07, 6.45) is 6.85. The lowest BCUT2D eigenvalue weighted by molar-refractivity contribution is 0.102. The monoisotopic (exact) mass is 413 g/mol. The molecule has 3 aromatic rings. The van der Waals surface area contributed by atoms with Gasteiger partial charge < -0.3 is 5.32 Å². The highest BCUT2D eigenvalue weighted by Crippen LogP contribution is 2.39. The zero-order valence-electron chi connectivity index (χ0n) is 15.0. The van der Waals surface area contributed by atoms with Crippen molar-refractivity contribution in [1.29, 1.82) is 0 Å². The van der Waals surface area contributed by atoms with E-state index in [-0.39, 0.29) is 10.8 Å². The first-order valence-electron chi connectivity index (χ1n) is 8.98. The Kier molecular flexibility index (Phi) is 5.15. The fourth-order valence-corrected chi connectivity index (χ4v) is 5.90. The topological polar surface area (TPSA) is 88.2 Å². The van der Waals surface area contributed by atoms with Crippen LogP contribution in [0.1, 0.15) is 33.6 Å². The van der Waals surface area contributed by atoms with Crippen LogP contribution in [0.15, 0.2) is 59.8 Å². The molecular weight excluding hydrogens is 394 g/mol. The Bertz CT molecular complexity index is 1090. The van der Waals surface area contributed by atoms with E-state index in [2.05, 4.69) is 15.0 Å². The molecule has 1 aliphatic carbocycles. The van der Waals surface area contributed by atoms with Crippen LogP contribution >= 0.6 is 11.3 Å². The molecule has 2 heterocycles. The van der Waals surface area contributed by atoms with Gasteiger partial charge in [-0.2, -0.15) is 0 Å². The summed E-state index contributed by atoms with van der Waals surface area (Å²) in [5.74, 6) is -0.321. The first kappa shape index (κ1) is 18.6. The van der Waals surface area contributed by atoms with Gasteiger partial charge in [0.2, 0.25) is 0 Å². The fourth-order valence-electron chi connectivity index (χ4n) is 3.29. The largest absolute Gasteiger partial charge is 0.320 e. The predicted octanol–water partition coefficient (Wildman–Crippen LogP) is 4.08. The van der Waals surface area contributed by atoms with Crippen LogP contribution in [-0.2, 0) is 22.9 Å². The zero-order chi connectivity index (χ0) is 19.6. The van der Waals surface area contributed by atoms with E-state index in [0.717, 1.165) is 36.1 Å². The van der Waals surface area contributed by atoms with Crippen molar-refractivity contribution in [2.24, 2.45) is 0 Å². The van der Waals surface area contributed by atoms with Crippen LogP contribution in [-0.4, -0.2) is 19.3 Å². The molecule has 2 aromatic heterocycles. The molecule has 0 saturated carbocycles. The number of nitrogens with one attached hydrogen (secondary N) is 2. The number of anilines is 2. The third-order valence-corrected chi connectivity index (χ3v) is 7.30. The minimum atomic E-state index is -3.77. The van der Waals surface area contributed by atoms with Gasteiger partial charge in [-0.25, -0.2) is 8.42 Å². The molecular formula is C20H19N3O3S2. The molecule has 28 heavy (non-hydrogen) atoms. The maximum absolute atomic E-state index is 13.0. The van der Waals surface area contributed by atoms with Gasteiger partial charge in [-0.15, -0.1) is 11.3 Å². The molecule has 1 aliphatic rings. The number of rotatable bonds is 5. The maximum Gasteiger partial charge on any atom is 0.262 e. The van der Waals surface area contributed by atoms with E-state index in [4.69, 9.17) is 0 Å². The van der Waals surface area contributed by atoms with Gasteiger partial charge in [0.15, 0.2) is 0 Å². The van der Waals surface area contributed by atoms with Crippen molar-refractivity contribution in [3.05, 3.63) is 70.9 Å². The summed E-state index contributed by atoms with van der Waals surface area (Å²) in [5.41, 5.74) is 1.94. The number of hydrogen-bond acceptors (Lipinski definition) is 5. The Morgan fingerprint density at radius 3 is 2.57 bits per heavy atom. The number of benzene rings is 1.